The first-order valence-corrected chi connectivity index (χ1v) is 13.1. The summed E-state index contributed by atoms with van der Waals surface area (Å²) in [5.41, 5.74) is 18.4. The van der Waals surface area contributed by atoms with Gasteiger partial charge in [-0.2, -0.15) is 13.2 Å². The lowest BCUT2D eigenvalue weighted by Crippen LogP contribution is -2.55. The lowest BCUT2D eigenvalue weighted by molar-refractivity contribution is -0.907. The number of quaternary nitrogens is 1. The van der Waals surface area contributed by atoms with Gasteiger partial charge in [0.15, 0.2) is 0 Å². The van der Waals surface area contributed by atoms with Crippen molar-refractivity contribution in [3.63, 3.8) is 0 Å². The lowest BCUT2D eigenvalue weighted by atomic mass is 10.0. The summed E-state index contributed by atoms with van der Waals surface area (Å²) in [6.45, 7) is 2.81. The van der Waals surface area contributed by atoms with Crippen molar-refractivity contribution in [2.45, 2.75) is 31.1 Å². The third-order valence-electron chi connectivity index (χ3n) is 6.87. The first-order valence-electron chi connectivity index (χ1n) is 13.1. The number of hydrogen-bond donors (Lipinski definition) is 5. The smallest absolute Gasteiger partial charge is 0.343 e. The number of aromatic nitrogens is 1. The highest BCUT2D eigenvalue weighted by Crippen LogP contribution is 2.29. The molecular weight excluding hydrogens is 523 g/mol. The number of carbonyl (C=O) groups excluding carboxylic acids is 2. The highest BCUT2D eigenvalue weighted by molar-refractivity contribution is 5.99. The molecule has 0 bridgehead atoms. The maximum atomic E-state index is 13.3. The Morgan fingerprint density at radius 3 is 2.25 bits per heavy atom. The van der Waals surface area contributed by atoms with E-state index in [2.05, 4.69) is 15.6 Å². The van der Waals surface area contributed by atoms with Crippen molar-refractivity contribution in [3.8, 4) is 0 Å². The second-order valence-electron chi connectivity index (χ2n) is 10.1. The SMILES string of the molecule is C[N+](CCN)(CCN)CCC(N)C(=O)N[C@H](Cc1ccc(C(F)(F)F)cc1)C(=O)Nc1cnc2ccccc2c1. The van der Waals surface area contributed by atoms with Crippen molar-refractivity contribution in [2.75, 3.05) is 45.1 Å². The fourth-order valence-electron chi connectivity index (χ4n) is 4.46. The van der Waals surface area contributed by atoms with Gasteiger partial charge in [0.25, 0.3) is 0 Å². The minimum Gasteiger partial charge on any atom is -0.343 e. The van der Waals surface area contributed by atoms with Gasteiger partial charge in [-0.05, 0) is 29.8 Å². The molecule has 0 spiro atoms. The van der Waals surface area contributed by atoms with E-state index in [0.29, 0.717) is 54.9 Å². The van der Waals surface area contributed by atoms with Gasteiger partial charge in [0.2, 0.25) is 11.8 Å². The number of nitrogens with zero attached hydrogens (tertiary/aromatic N) is 2. The van der Waals surface area contributed by atoms with Gasteiger partial charge in [-0.1, -0.05) is 30.3 Å². The average molecular weight is 561 g/mol. The second-order valence-corrected chi connectivity index (χ2v) is 10.1. The Labute approximate surface area is 231 Å². The van der Waals surface area contributed by atoms with Gasteiger partial charge >= 0.3 is 6.18 Å². The first kappa shape index (κ1) is 31.0. The molecule has 2 amide bonds. The number of nitrogens with one attached hydrogen (secondary N) is 2. The van der Waals surface area contributed by atoms with Crippen LogP contribution in [0.5, 0.6) is 0 Å². The number of para-hydroxylation sites is 1. The van der Waals surface area contributed by atoms with Crippen LogP contribution in [0, 0.1) is 0 Å². The van der Waals surface area contributed by atoms with Gasteiger partial charge < -0.3 is 32.3 Å². The highest BCUT2D eigenvalue weighted by Gasteiger charge is 2.31. The molecule has 216 valence electrons. The molecule has 1 unspecified atom stereocenters. The van der Waals surface area contributed by atoms with Gasteiger partial charge in [-0.3, -0.25) is 14.6 Å². The van der Waals surface area contributed by atoms with Crippen LogP contribution >= 0.6 is 0 Å². The molecule has 8 N–H and O–H groups in total. The fourth-order valence-corrected chi connectivity index (χ4v) is 4.46. The molecule has 0 aliphatic heterocycles. The summed E-state index contributed by atoms with van der Waals surface area (Å²) in [6.07, 6.45) is -2.71. The molecule has 0 aliphatic rings. The van der Waals surface area contributed by atoms with Crippen LogP contribution in [-0.2, 0) is 22.2 Å². The Kier molecular flexibility index (Phi) is 10.6. The number of benzene rings is 2. The summed E-state index contributed by atoms with van der Waals surface area (Å²) >= 11 is 0. The van der Waals surface area contributed by atoms with E-state index < -0.39 is 35.6 Å². The van der Waals surface area contributed by atoms with Gasteiger partial charge in [-0.15, -0.1) is 0 Å². The third kappa shape index (κ3) is 8.71. The van der Waals surface area contributed by atoms with Crippen LogP contribution in [0.4, 0.5) is 18.9 Å². The quantitative estimate of drug-likeness (QED) is 0.202. The number of fused-ring (bicyclic) bond motifs is 1. The standard InChI is InChI=1S/C28H36F3N7O2/c1-38(14-11-32,15-12-33)13-10-23(34)26(39)37-25(16-19-6-8-21(9-7-19)28(29,30)31)27(40)36-22-17-20-4-2-3-5-24(20)35-18-22/h2-9,17-18,23,25H,10-16,32-34H2,1H3,(H-,36,37,39,40)/p+1/t23?,25-/m1/s1. The molecule has 0 saturated carbocycles. The van der Waals surface area contributed by atoms with E-state index in [0.717, 1.165) is 23.0 Å². The van der Waals surface area contributed by atoms with Gasteiger partial charge in [0, 0.05) is 31.3 Å². The van der Waals surface area contributed by atoms with Crippen LogP contribution in [0.15, 0.2) is 60.8 Å². The summed E-state index contributed by atoms with van der Waals surface area (Å²) in [6, 6.07) is 11.6. The number of amides is 2. The molecule has 12 heteroatoms. The topological polar surface area (TPSA) is 149 Å². The van der Waals surface area contributed by atoms with Crippen LogP contribution in [0.3, 0.4) is 0 Å². The van der Waals surface area contributed by atoms with Crippen LogP contribution in [0.1, 0.15) is 17.5 Å². The van der Waals surface area contributed by atoms with E-state index in [1.807, 2.05) is 31.3 Å². The van der Waals surface area contributed by atoms with E-state index in [4.69, 9.17) is 17.2 Å². The van der Waals surface area contributed by atoms with E-state index in [1.165, 1.54) is 18.3 Å². The Morgan fingerprint density at radius 2 is 1.62 bits per heavy atom. The molecule has 1 heterocycles. The number of carbonyl (C=O) groups is 2. The summed E-state index contributed by atoms with van der Waals surface area (Å²) in [7, 11) is 1.99. The predicted molar refractivity (Wildman–Crippen MR) is 149 cm³/mol. The summed E-state index contributed by atoms with van der Waals surface area (Å²) < 4.78 is 39.6. The van der Waals surface area contributed by atoms with Crippen LogP contribution < -0.4 is 27.8 Å². The van der Waals surface area contributed by atoms with E-state index in [1.54, 1.807) is 6.07 Å². The molecule has 3 aromatic rings. The number of alkyl halides is 3. The second kappa shape index (κ2) is 13.7. The monoisotopic (exact) mass is 560 g/mol. The zero-order chi connectivity index (χ0) is 29.3. The molecule has 2 aromatic carbocycles. The molecule has 0 saturated heterocycles. The molecule has 0 fully saturated rings. The Bertz CT molecular complexity index is 1280. The van der Waals surface area contributed by atoms with Crippen LogP contribution in [0.25, 0.3) is 10.9 Å². The Hall–Kier alpha value is -3.58. The van der Waals surface area contributed by atoms with Gasteiger partial charge in [-0.25, -0.2) is 0 Å². The maximum Gasteiger partial charge on any atom is 0.416 e. The number of pyridine rings is 1. The number of hydrogen-bond acceptors (Lipinski definition) is 6. The normalized spacial score (nSPS) is 13.6. The number of nitrogens with two attached hydrogens (primary N) is 3. The number of anilines is 1. The van der Waals surface area contributed by atoms with E-state index >= 15 is 0 Å². The molecule has 9 nitrogen and oxygen atoms in total. The fraction of sp³-hybridized carbons (Fsp3) is 0.393. The summed E-state index contributed by atoms with van der Waals surface area (Å²) in [5.74, 6) is -1.10. The van der Waals surface area contributed by atoms with Crippen molar-refractivity contribution < 1.29 is 27.2 Å². The van der Waals surface area contributed by atoms with E-state index in [-0.39, 0.29) is 6.42 Å². The summed E-state index contributed by atoms with van der Waals surface area (Å²) in [5, 5.41) is 6.26. The molecule has 40 heavy (non-hydrogen) atoms. The molecule has 0 radical (unpaired) electrons. The van der Waals surface area contributed by atoms with Crippen molar-refractivity contribution in [1.82, 2.24) is 10.3 Å². The Balaban J connectivity index is 1.76. The van der Waals surface area contributed by atoms with Crippen LogP contribution in [0.2, 0.25) is 0 Å². The van der Waals surface area contributed by atoms with Crippen molar-refractivity contribution in [1.29, 1.82) is 0 Å². The minimum absolute atomic E-state index is 0.0441. The highest BCUT2D eigenvalue weighted by atomic mass is 19.4. The van der Waals surface area contributed by atoms with Crippen molar-refractivity contribution in [2.24, 2.45) is 17.2 Å². The number of halogens is 3. The van der Waals surface area contributed by atoms with Crippen molar-refractivity contribution in [3.05, 3.63) is 71.9 Å². The third-order valence-corrected chi connectivity index (χ3v) is 6.87. The van der Waals surface area contributed by atoms with Gasteiger partial charge in [0.05, 0.1) is 55.7 Å². The average Bonchev–Trinajstić information content (AvgIpc) is 2.91. The van der Waals surface area contributed by atoms with Gasteiger partial charge in [0.1, 0.15) is 6.04 Å². The molecule has 1 aromatic heterocycles. The predicted octanol–water partition coefficient (Wildman–Crippen LogP) is 2.00. The molecular formula is C28H37F3N7O2+. The lowest BCUT2D eigenvalue weighted by Gasteiger charge is -2.34. The largest absolute Gasteiger partial charge is 0.416 e. The molecule has 2 atom stereocenters. The minimum atomic E-state index is -4.49. The van der Waals surface area contributed by atoms with Crippen LogP contribution in [-0.4, -0.2) is 73.1 Å². The van der Waals surface area contributed by atoms with E-state index in [9.17, 15) is 22.8 Å². The number of likely N-dealkylation sites (N-methyl/N-ethyl adjacent to an activating group) is 1. The Morgan fingerprint density at radius 1 is 0.975 bits per heavy atom. The number of rotatable bonds is 13. The first-order chi connectivity index (χ1) is 18.9. The molecule has 3 rings (SSSR count). The molecule has 0 aliphatic carbocycles. The van der Waals surface area contributed by atoms with Crippen molar-refractivity contribution >= 4 is 28.4 Å². The summed E-state index contributed by atoms with van der Waals surface area (Å²) in [4.78, 5) is 30.7. The zero-order valence-corrected chi connectivity index (χ0v) is 22.5. The zero-order valence-electron chi connectivity index (χ0n) is 22.5. The maximum absolute atomic E-state index is 13.3.